The molecule has 0 bridgehead atoms. The Bertz CT molecular complexity index is 435. The summed E-state index contributed by atoms with van der Waals surface area (Å²) in [6, 6.07) is 4.42. The normalized spacial score (nSPS) is 21.1. The highest BCUT2D eigenvalue weighted by Gasteiger charge is 2.32. The van der Waals surface area contributed by atoms with Crippen LogP contribution in [0, 0.1) is 0 Å². The zero-order valence-corrected chi connectivity index (χ0v) is 12.5. The predicted molar refractivity (Wildman–Crippen MR) is 79.2 cm³/mol. The molecule has 1 aliphatic rings. The molecule has 1 aromatic rings. The van der Waals surface area contributed by atoms with Gasteiger partial charge in [-0.15, -0.1) is 0 Å². The van der Waals surface area contributed by atoms with Crippen molar-refractivity contribution in [2.75, 3.05) is 26.7 Å². The van der Waals surface area contributed by atoms with Crippen molar-refractivity contribution < 1.29 is 4.79 Å². The van der Waals surface area contributed by atoms with Gasteiger partial charge in [0.2, 0.25) is 5.91 Å². The van der Waals surface area contributed by atoms with Gasteiger partial charge in [0, 0.05) is 51.7 Å². The summed E-state index contributed by atoms with van der Waals surface area (Å²) in [4.78, 5) is 20.8. The quantitative estimate of drug-likeness (QED) is 0.880. The zero-order valence-electron chi connectivity index (χ0n) is 12.5. The summed E-state index contributed by atoms with van der Waals surface area (Å²) < 4.78 is 0. The second kappa shape index (κ2) is 6.81. The minimum atomic E-state index is -0.0793. The summed E-state index contributed by atoms with van der Waals surface area (Å²) in [6.45, 7) is 7.88. The van der Waals surface area contributed by atoms with Crippen molar-refractivity contribution in [3.63, 3.8) is 0 Å². The fourth-order valence-corrected chi connectivity index (χ4v) is 2.64. The summed E-state index contributed by atoms with van der Waals surface area (Å²) in [5, 5.41) is 2.79. The molecule has 0 spiro atoms. The van der Waals surface area contributed by atoms with Gasteiger partial charge < -0.3 is 5.32 Å². The SMILES string of the molecule is CNC(=O)C1CN(C(C)C)CCN1Cc1ccncc1. The van der Waals surface area contributed by atoms with E-state index in [-0.39, 0.29) is 11.9 Å². The molecule has 2 heterocycles. The Balaban J connectivity index is 2.08. The van der Waals surface area contributed by atoms with Gasteiger partial charge in [-0.2, -0.15) is 0 Å². The Labute approximate surface area is 121 Å². The average molecular weight is 276 g/mol. The van der Waals surface area contributed by atoms with Crippen LogP contribution in [0.2, 0.25) is 0 Å². The second-order valence-electron chi connectivity index (χ2n) is 5.54. The fraction of sp³-hybridized carbons (Fsp3) is 0.600. The average Bonchev–Trinajstić information content (AvgIpc) is 2.47. The van der Waals surface area contributed by atoms with E-state index in [0.29, 0.717) is 6.04 Å². The van der Waals surface area contributed by atoms with Gasteiger partial charge in [0.05, 0.1) is 0 Å². The highest BCUT2D eigenvalue weighted by Crippen LogP contribution is 2.16. The van der Waals surface area contributed by atoms with Crippen LogP contribution in [0.5, 0.6) is 0 Å². The van der Waals surface area contributed by atoms with E-state index in [9.17, 15) is 4.79 Å². The molecule has 0 radical (unpaired) electrons. The number of carbonyl (C=O) groups is 1. The highest BCUT2D eigenvalue weighted by atomic mass is 16.2. The number of likely N-dealkylation sites (N-methyl/N-ethyl adjacent to an activating group) is 1. The van der Waals surface area contributed by atoms with Crippen molar-refractivity contribution in [2.45, 2.75) is 32.5 Å². The summed E-state index contributed by atoms with van der Waals surface area (Å²) in [5.74, 6) is 0.101. The van der Waals surface area contributed by atoms with Crippen LogP contribution in [0.25, 0.3) is 0 Å². The maximum Gasteiger partial charge on any atom is 0.238 e. The van der Waals surface area contributed by atoms with Crippen LogP contribution < -0.4 is 5.32 Å². The standard InChI is InChI=1S/C15H24N4O/c1-12(2)18-8-9-19(14(11-18)15(20)16-3)10-13-4-6-17-7-5-13/h4-7,12,14H,8-11H2,1-3H3,(H,16,20). The van der Waals surface area contributed by atoms with E-state index < -0.39 is 0 Å². The van der Waals surface area contributed by atoms with Crippen LogP contribution >= 0.6 is 0 Å². The third-order valence-corrected chi connectivity index (χ3v) is 3.94. The molecule has 1 aliphatic heterocycles. The predicted octanol–water partition coefficient (Wildman–Crippen LogP) is 0.722. The third-order valence-electron chi connectivity index (χ3n) is 3.94. The topological polar surface area (TPSA) is 48.5 Å². The lowest BCUT2D eigenvalue weighted by atomic mass is 10.1. The molecule has 1 unspecified atom stereocenters. The van der Waals surface area contributed by atoms with Crippen molar-refractivity contribution in [3.8, 4) is 0 Å². The largest absolute Gasteiger partial charge is 0.358 e. The van der Waals surface area contributed by atoms with Crippen LogP contribution in [0.3, 0.4) is 0 Å². The van der Waals surface area contributed by atoms with Crippen molar-refractivity contribution in [1.29, 1.82) is 0 Å². The maximum atomic E-state index is 12.1. The molecule has 2 rings (SSSR count). The van der Waals surface area contributed by atoms with Crippen LogP contribution in [-0.2, 0) is 11.3 Å². The monoisotopic (exact) mass is 276 g/mol. The van der Waals surface area contributed by atoms with Gasteiger partial charge >= 0.3 is 0 Å². The van der Waals surface area contributed by atoms with E-state index in [1.165, 1.54) is 5.56 Å². The first-order valence-electron chi connectivity index (χ1n) is 7.20. The van der Waals surface area contributed by atoms with Gasteiger partial charge in [0.25, 0.3) is 0 Å². The van der Waals surface area contributed by atoms with E-state index in [0.717, 1.165) is 26.2 Å². The molecule has 110 valence electrons. The van der Waals surface area contributed by atoms with Crippen LogP contribution in [0.4, 0.5) is 0 Å². The van der Waals surface area contributed by atoms with E-state index in [1.807, 2.05) is 12.1 Å². The minimum absolute atomic E-state index is 0.0793. The lowest BCUT2D eigenvalue weighted by molar-refractivity contribution is -0.129. The Morgan fingerprint density at radius 1 is 1.40 bits per heavy atom. The molecule has 0 aromatic carbocycles. The Kier molecular flexibility index (Phi) is 5.09. The number of amides is 1. The third kappa shape index (κ3) is 3.55. The fourth-order valence-electron chi connectivity index (χ4n) is 2.64. The lowest BCUT2D eigenvalue weighted by Gasteiger charge is -2.42. The molecular formula is C15H24N4O. The summed E-state index contributed by atoms with van der Waals surface area (Å²) in [5.41, 5.74) is 1.20. The molecule has 5 nitrogen and oxygen atoms in total. The summed E-state index contributed by atoms with van der Waals surface area (Å²) in [7, 11) is 1.71. The first kappa shape index (κ1) is 14.9. The summed E-state index contributed by atoms with van der Waals surface area (Å²) >= 11 is 0. The number of carbonyl (C=O) groups excluding carboxylic acids is 1. The number of hydrogen-bond acceptors (Lipinski definition) is 4. The Morgan fingerprint density at radius 2 is 2.10 bits per heavy atom. The van der Waals surface area contributed by atoms with Crippen LogP contribution in [-0.4, -0.2) is 59.5 Å². The van der Waals surface area contributed by atoms with Crippen molar-refractivity contribution in [1.82, 2.24) is 20.1 Å². The number of piperazine rings is 1. The molecule has 20 heavy (non-hydrogen) atoms. The first-order chi connectivity index (χ1) is 9.61. The number of rotatable bonds is 4. The van der Waals surface area contributed by atoms with E-state index in [1.54, 1.807) is 19.4 Å². The zero-order chi connectivity index (χ0) is 14.5. The molecule has 1 aromatic heterocycles. The van der Waals surface area contributed by atoms with Crippen molar-refractivity contribution in [3.05, 3.63) is 30.1 Å². The molecular weight excluding hydrogens is 252 g/mol. The first-order valence-corrected chi connectivity index (χ1v) is 7.20. The molecule has 5 heteroatoms. The van der Waals surface area contributed by atoms with E-state index in [2.05, 4.69) is 33.9 Å². The Morgan fingerprint density at radius 3 is 2.70 bits per heavy atom. The minimum Gasteiger partial charge on any atom is -0.358 e. The molecule has 1 fully saturated rings. The molecule has 0 saturated carbocycles. The smallest absolute Gasteiger partial charge is 0.238 e. The van der Waals surface area contributed by atoms with Crippen LogP contribution in [0.15, 0.2) is 24.5 Å². The molecule has 1 N–H and O–H groups in total. The Hall–Kier alpha value is -1.46. The van der Waals surface area contributed by atoms with E-state index in [4.69, 9.17) is 0 Å². The van der Waals surface area contributed by atoms with Crippen molar-refractivity contribution in [2.24, 2.45) is 0 Å². The molecule has 1 saturated heterocycles. The number of pyridine rings is 1. The molecule has 1 atom stereocenters. The van der Waals surface area contributed by atoms with Crippen LogP contribution in [0.1, 0.15) is 19.4 Å². The van der Waals surface area contributed by atoms with Gasteiger partial charge in [-0.1, -0.05) is 0 Å². The number of hydrogen-bond donors (Lipinski definition) is 1. The van der Waals surface area contributed by atoms with Gasteiger partial charge in [0.15, 0.2) is 0 Å². The van der Waals surface area contributed by atoms with Gasteiger partial charge in [-0.25, -0.2) is 0 Å². The second-order valence-corrected chi connectivity index (χ2v) is 5.54. The molecule has 1 amide bonds. The number of nitrogens with one attached hydrogen (secondary N) is 1. The van der Waals surface area contributed by atoms with Gasteiger partial charge in [-0.05, 0) is 31.5 Å². The van der Waals surface area contributed by atoms with E-state index >= 15 is 0 Å². The summed E-state index contributed by atoms with van der Waals surface area (Å²) in [6.07, 6.45) is 3.60. The number of aromatic nitrogens is 1. The van der Waals surface area contributed by atoms with Gasteiger partial charge in [-0.3, -0.25) is 19.6 Å². The molecule has 0 aliphatic carbocycles. The lowest BCUT2D eigenvalue weighted by Crippen LogP contribution is -2.59. The number of nitrogens with zero attached hydrogens (tertiary/aromatic N) is 3. The highest BCUT2D eigenvalue weighted by molar-refractivity contribution is 5.81. The maximum absolute atomic E-state index is 12.1. The van der Waals surface area contributed by atoms with Gasteiger partial charge in [0.1, 0.15) is 6.04 Å². The van der Waals surface area contributed by atoms with Crippen molar-refractivity contribution >= 4 is 5.91 Å².